The quantitative estimate of drug-likeness (QED) is 0.848. The van der Waals surface area contributed by atoms with Crippen LogP contribution in [0.5, 0.6) is 0 Å². The molecule has 0 aromatic rings. The molecule has 0 aromatic heterocycles. The van der Waals surface area contributed by atoms with Crippen molar-refractivity contribution >= 4 is 0 Å². The van der Waals surface area contributed by atoms with Crippen LogP contribution in [0.4, 0.5) is 0 Å². The first kappa shape index (κ1) is 13.8. The van der Waals surface area contributed by atoms with Crippen molar-refractivity contribution in [2.24, 2.45) is 11.7 Å². The fourth-order valence-corrected chi connectivity index (χ4v) is 2.71. The molecule has 1 unspecified atom stereocenters. The van der Waals surface area contributed by atoms with Gasteiger partial charge in [-0.3, -0.25) is 0 Å². The van der Waals surface area contributed by atoms with Crippen molar-refractivity contribution in [3.8, 4) is 0 Å². The minimum absolute atomic E-state index is 0.405. The molecule has 0 bridgehead atoms. The highest BCUT2D eigenvalue weighted by Crippen LogP contribution is 2.26. The van der Waals surface area contributed by atoms with Crippen molar-refractivity contribution in [3.63, 3.8) is 0 Å². The SMILES string of the molecule is C=C(N)C1CCCN(C2=CC(OC)=C(C)CC=C2)C1. The third-order valence-corrected chi connectivity index (χ3v) is 3.94. The maximum atomic E-state index is 5.87. The highest BCUT2D eigenvalue weighted by atomic mass is 16.5. The van der Waals surface area contributed by atoms with E-state index in [9.17, 15) is 0 Å². The van der Waals surface area contributed by atoms with Gasteiger partial charge in [-0.2, -0.15) is 0 Å². The number of methoxy groups -OCH3 is 1. The summed E-state index contributed by atoms with van der Waals surface area (Å²) in [4.78, 5) is 2.39. The Bertz CT molecular complexity index is 446. The number of ether oxygens (including phenoxy) is 1. The molecular formula is C16H24N2O. The predicted octanol–water partition coefficient (Wildman–Crippen LogP) is 2.94. The number of nitrogens with two attached hydrogens (primary N) is 1. The summed E-state index contributed by atoms with van der Waals surface area (Å²) in [6.45, 7) is 8.05. The van der Waals surface area contributed by atoms with Crippen LogP contribution < -0.4 is 5.73 Å². The molecule has 0 saturated carbocycles. The highest BCUT2D eigenvalue weighted by Gasteiger charge is 2.22. The molecule has 1 aliphatic heterocycles. The number of nitrogens with zero attached hydrogens (tertiary/aromatic N) is 1. The lowest BCUT2D eigenvalue weighted by Gasteiger charge is -2.35. The lowest BCUT2D eigenvalue weighted by molar-refractivity contribution is 0.240. The lowest BCUT2D eigenvalue weighted by atomic mass is 9.95. The predicted molar refractivity (Wildman–Crippen MR) is 79.2 cm³/mol. The van der Waals surface area contributed by atoms with Gasteiger partial charge >= 0.3 is 0 Å². The van der Waals surface area contributed by atoms with Gasteiger partial charge in [0.2, 0.25) is 0 Å². The molecule has 1 saturated heterocycles. The molecule has 19 heavy (non-hydrogen) atoms. The zero-order valence-electron chi connectivity index (χ0n) is 12.0. The standard InChI is InChI=1S/C16H24N2O/c1-12-6-4-8-15(10-16(12)19-3)18-9-5-7-14(11-18)13(2)17/h4,8,10,14H,2,5-7,9,11,17H2,1,3H3. The molecule has 2 aliphatic rings. The minimum atomic E-state index is 0.405. The van der Waals surface area contributed by atoms with Gasteiger partial charge in [-0.1, -0.05) is 12.7 Å². The van der Waals surface area contributed by atoms with Crippen molar-refractivity contribution in [2.75, 3.05) is 20.2 Å². The molecule has 2 rings (SSSR count). The van der Waals surface area contributed by atoms with Crippen molar-refractivity contribution < 1.29 is 4.74 Å². The summed E-state index contributed by atoms with van der Waals surface area (Å²) in [6, 6.07) is 0. The Kier molecular flexibility index (Phi) is 4.35. The van der Waals surface area contributed by atoms with E-state index in [4.69, 9.17) is 10.5 Å². The van der Waals surface area contributed by atoms with E-state index < -0.39 is 0 Å². The first-order valence-corrected chi connectivity index (χ1v) is 6.93. The molecule has 0 amide bonds. The highest BCUT2D eigenvalue weighted by molar-refractivity contribution is 5.34. The molecule has 0 spiro atoms. The molecule has 1 atom stereocenters. The van der Waals surface area contributed by atoms with Gasteiger partial charge in [0.25, 0.3) is 0 Å². The second-order valence-corrected chi connectivity index (χ2v) is 5.38. The smallest absolute Gasteiger partial charge is 0.120 e. The molecule has 2 N–H and O–H groups in total. The molecule has 1 heterocycles. The van der Waals surface area contributed by atoms with Gasteiger partial charge in [0.05, 0.1) is 7.11 Å². The van der Waals surface area contributed by atoms with Crippen LogP contribution in [0.15, 0.2) is 47.5 Å². The van der Waals surface area contributed by atoms with E-state index in [1.807, 2.05) is 0 Å². The van der Waals surface area contributed by atoms with Crippen LogP contribution in [0.2, 0.25) is 0 Å². The van der Waals surface area contributed by atoms with Gasteiger partial charge < -0.3 is 15.4 Å². The van der Waals surface area contributed by atoms with E-state index >= 15 is 0 Å². The van der Waals surface area contributed by atoms with E-state index in [0.717, 1.165) is 43.8 Å². The first-order valence-electron chi connectivity index (χ1n) is 6.93. The molecule has 1 fully saturated rings. The topological polar surface area (TPSA) is 38.5 Å². The zero-order chi connectivity index (χ0) is 13.8. The summed E-state index contributed by atoms with van der Waals surface area (Å²) in [5, 5.41) is 0. The van der Waals surface area contributed by atoms with Crippen LogP contribution in [0.25, 0.3) is 0 Å². The molecular weight excluding hydrogens is 236 g/mol. The summed E-state index contributed by atoms with van der Waals surface area (Å²) in [6.07, 6.45) is 9.79. The zero-order valence-corrected chi connectivity index (χ0v) is 12.0. The van der Waals surface area contributed by atoms with Crippen molar-refractivity contribution in [3.05, 3.63) is 47.5 Å². The van der Waals surface area contributed by atoms with Gasteiger partial charge in [-0.25, -0.2) is 0 Å². The van der Waals surface area contributed by atoms with Crippen molar-refractivity contribution in [1.29, 1.82) is 0 Å². The van der Waals surface area contributed by atoms with Crippen LogP contribution >= 0.6 is 0 Å². The second kappa shape index (κ2) is 6.00. The number of piperidine rings is 1. The Balaban J connectivity index is 2.18. The van der Waals surface area contributed by atoms with Gasteiger partial charge in [0, 0.05) is 36.5 Å². The molecule has 1 aliphatic carbocycles. The number of hydrogen-bond acceptors (Lipinski definition) is 3. The number of rotatable bonds is 3. The van der Waals surface area contributed by atoms with Crippen LogP contribution in [-0.4, -0.2) is 25.1 Å². The first-order chi connectivity index (χ1) is 9.11. The molecule has 0 aromatic carbocycles. The van der Waals surface area contributed by atoms with E-state index in [0.29, 0.717) is 5.92 Å². The molecule has 3 nitrogen and oxygen atoms in total. The van der Waals surface area contributed by atoms with E-state index in [-0.39, 0.29) is 0 Å². The summed E-state index contributed by atoms with van der Waals surface area (Å²) < 4.78 is 5.47. The van der Waals surface area contributed by atoms with Crippen LogP contribution in [0.1, 0.15) is 26.2 Å². The summed E-state index contributed by atoms with van der Waals surface area (Å²) in [7, 11) is 1.74. The van der Waals surface area contributed by atoms with Gasteiger partial charge in [-0.15, -0.1) is 0 Å². The minimum Gasteiger partial charge on any atom is -0.497 e. The average molecular weight is 260 g/mol. The van der Waals surface area contributed by atoms with E-state index in [1.54, 1.807) is 7.11 Å². The number of allylic oxidation sites excluding steroid dienone is 4. The van der Waals surface area contributed by atoms with Crippen LogP contribution in [-0.2, 0) is 4.74 Å². The summed E-state index contributed by atoms with van der Waals surface area (Å²) >= 11 is 0. The van der Waals surface area contributed by atoms with Gasteiger partial charge in [0.15, 0.2) is 0 Å². The Morgan fingerprint density at radius 2 is 2.32 bits per heavy atom. The molecule has 0 radical (unpaired) electrons. The van der Waals surface area contributed by atoms with E-state index in [2.05, 4.69) is 36.6 Å². The van der Waals surface area contributed by atoms with Gasteiger partial charge in [0.1, 0.15) is 5.76 Å². The largest absolute Gasteiger partial charge is 0.497 e. The number of likely N-dealkylation sites (tertiary alicyclic amines) is 1. The van der Waals surface area contributed by atoms with Crippen LogP contribution in [0, 0.1) is 5.92 Å². The fourth-order valence-electron chi connectivity index (χ4n) is 2.71. The lowest BCUT2D eigenvalue weighted by Crippen LogP contribution is -2.36. The Hall–Kier alpha value is -1.64. The Labute approximate surface area is 116 Å². The summed E-state index contributed by atoms with van der Waals surface area (Å²) in [5.41, 5.74) is 9.17. The molecule has 104 valence electrons. The summed E-state index contributed by atoms with van der Waals surface area (Å²) in [5.74, 6) is 1.39. The van der Waals surface area contributed by atoms with Crippen LogP contribution in [0.3, 0.4) is 0 Å². The molecule has 3 heteroatoms. The van der Waals surface area contributed by atoms with E-state index in [1.165, 1.54) is 11.3 Å². The third kappa shape index (κ3) is 3.22. The van der Waals surface area contributed by atoms with Crippen molar-refractivity contribution in [2.45, 2.75) is 26.2 Å². The third-order valence-electron chi connectivity index (χ3n) is 3.94. The fraction of sp³-hybridized carbons (Fsp3) is 0.500. The monoisotopic (exact) mass is 260 g/mol. The van der Waals surface area contributed by atoms with Crippen molar-refractivity contribution in [1.82, 2.24) is 4.90 Å². The Morgan fingerprint density at radius 3 is 3.00 bits per heavy atom. The van der Waals surface area contributed by atoms with Gasteiger partial charge in [-0.05, 0) is 37.8 Å². The Morgan fingerprint density at radius 1 is 1.53 bits per heavy atom. The normalized spacial score (nSPS) is 24.0. The number of hydrogen-bond donors (Lipinski definition) is 1. The maximum absolute atomic E-state index is 5.87. The maximum Gasteiger partial charge on any atom is 0.120 e. The second-order valence-electron chi connectivity index (χ2n) is 5.38. The average Bonchev–Trinajstić information content (AvgIpc) is 2.60.